The fourth-order valence-electron chi connectivity index (χ4n) is 6.51. The number of benzene rings is 7. The van der Waals surface area contributed by atoms with Crippen molar-refractivity contribution in [3.8, 4) is 33.4 Å². The second-order valence-corrected chi connectivity index (χ2v) is 11.8. The first kappa shape index (κ1) is 27.8. The summed E-state index contributed by atoms with van der Waals surface area (Å²) in [7, 11) is 0. The first-order valence-electron chi connectivity index (χ1n) is 15.3. The van der Waals surface area contributed by atoms with Crippen molar-refractivity contribution in [1.29, 1.82) is 0 Å². The van der Waals surface area contributed by atoms with Crippen LogP contribution in [0.4, 0.5) is 39.8 Å². The van der Waals surface area contributed by atoms with Crippen LogP contribution in [-0.2, 0) is 0 Å². The lowest BCUT2D eigenvalue weighted by atomic mass is 9.92. The van der Waals surface area contributed by atoms with Crippen LogP contribution in [0.25, 0.3) is 33.4 Å². The van der Waals surface area contributed by atoms with E-state index in [1.165, 1.54) is 0 Å². The molecule has 220 valence electrons. The molecule has 3 nitrogen and oxygen atoms in total. The van der Waals surface area contributed by atoms with Crippen molar-refractivity contribution >= 4 is 51.4 Å². The molecule has 8 rings (SSSR count). The minimum atomic E-state index is 0.671. The van der Waals surface area contributed by atoms with E-state index in [9.17, 15) is 0 Å². The Morgan fingerprint density at radius 3 is 1.65 bits per heavy atom. The first-order chi connectivity index (χ1) is 22.7. The van der Waals surface area contributed by atoms with Crippen molar-refractivity contribution in [2.75, 3.05) is 15.5 Å². The molecule has 0 spiro atoms. The molecule has 0 radical (unpaired) electrons. The normalized spacial score (nSPS) is 11.6. The third kappa shape index (κ3) is 4.79. The number of nitrogens with two attached hydrogens (primary N) is 1. The number of anilines is 7. The molecule has 0 amide bonds. The summed E-state index contributed by atoms with van der Waals surface area (Å²) in [4.78, 5) is 4.49. The van der Waals surface area contributed by atoms with E-state index >= 15 is 0 Å². The quantitative estimate of drug-likeness (QED) is 0.196. The van der Waals surface area contributed by atoms with Gasteiger partial charge in [-0.2, -0.15) is 0 Å². The van der Waals surface area contributed by atoms with Gasteiger partial charge in [0.1, 0.15) is 0 Å². The van der Waals surface area contributed by atoms with Gasteiger partial charge in [0.15, 0.2) is 0 Å². The highest BCUT2D eigenvalue weighted by atomic mass is 35.5. The highest BCUT2D eigenvalue weighted by Gasteiger charge is 2.29. The minimum absolute atomic E-state index is 0.671. The molecule has 1 heterocycles. The van der Waals surface area contributed by atoms with Crippen LogP contribution in [0.2, 0.25) is 5.02 Å². The Kier molecular flexibility index (Phi) is 7.01. The molecule has 0 aliphatic carbocycles. The molecule has 0 saturated carbocycles. The SMILES string of the molecule is Nc1ccccc1N1c2ccc(-c3ccc(N(c4ccccc4)c4ccccc4)cc3)cc2-c2ccccc2-c2cccc(Cl)c21. The molecule has 7 aromatic rings. The minimum Gasteiger partial charge on any atom is -0.397 e. The smallest absolute Gasteiger partial charge is 0.0727 e. The zero-order valence-corrected chi connectivity index (χ0v) is 25.8. The number of hydrogen-bond acceptors (Lipinski definition) is 3. The molecular formula is C42H30ClN3. The van der Waals surface area contributed by atoms with Gasteiger partial charge in [0, 0.05) is 28.2 Å². The van der Waals surface area contributed by atoms with E-state index in [0.29, 0.717) is 10.7 Å². The Morgan fingerprint density at radius 1 is 0.435 bits per heavy atom. The standard InChI is InChI=1S/C42H30ClN3/c43-38-19-11-18-36-34-16-7-8-17-35(34)37-28-30(24-27-40(37)46(42(36)38)41-21-10-9-20-39(41)44)29-22-25-33(26-23-29)45(31-12-3-1-4-13-31)32-14-5-2-6-15-32/h1-28H,44H2. The Hall–Kier alpha value is -5.77. The summed E-state index contributed by atoms with van der Waals surface area (Å²) in [6.07, 6.45) is 0. The van der Waals surface area contributed by atoms with Gasteiger partial charge in [-0.3, -0.25) is 0 Å². The third-order valence-electron chi connectivity index (χ3n) is 8.62. The summed E-state index contributed by atoms with van der Waals surface area (Å²) in [6.45, 7) is 0. The van der Waals surface area contributed by atoms with E-state index in [-0.39, 0.29) is 0 Å². The van der Waals surface area contributed by atoms with E-state index in [4.69, 9.17) is 17.3 Å². The molecule has 7 aromatic carbocycles. The largest absolute Gasteiger partial charge is 0.397 e. The number of fused-ring (bicyclic) bond motifs is 5. The number of nitrogen functional groups attached to an aromatic ring is 1. The van der Waals surface area contributed by atoms with Gasteiger partial charge in [-0.1, -0.05) is 115 Å². The number of rotatable bonds is 5. The Bertz CT molecular complexity index is 2140. The van der Waals surface area contributed by atoms with Crippen LogP contribution >= 0.6 is 11.6 Å². The maximum Gasteiger partial charge on any atom is 0.0727 e. The maximum atomic E-state index is 7.01. The third-order valence-corrected chi connectivity index (χ3v) is 8.93. The highest BCUT2D eigenvalue weighted by Crippen LogP contribution is 2.54. The summed E-state index contributed by atoms with van der Waals surface area (Å²) in [5, 5.41) is 0.671. The fraction of sp³-hybridized carbons (Fsp3) is 0. The van der Waals surface area contributed by atoms with Crippen molar-refractivity contribution < 1.29 is 0 Å². The zero-order valence-electron chi connectivity index (χ0n) is 25.0. The van der Waals surface area contributed by atoms with Gasteiger partial charge in [-0.15, -0.1) is 0 Å². The number of para-hydroxylation sites is 5. The van der Waals surface area contributed by atoms with Crippen LogP contribution in [0.5, 0.6) is 0 Å². The predicted octanol–water partition coefficient (Wildman–Crippen LogP) is 12.2. The lowest BCUT2D eigenvalue weighted by Crippen LogP contribution is -2.13. The van der Waals surface area contributed by atoms with Crippen LogP contribution in [0, 0.1) is 0 Å². The van der Waals surface area contributed by atoms with Crippen molar-refractivity contribution in [2.24, 2.45) is 0 Å². The van der Waals surface area contributed by atoms with Crippen LogP contribution < -0.4 is 15.5 Å². The van der Waals surface area contributed by atoms with Crippen LogP contribution in [0.3, 0.4) is 0 Å². The van der Waals surface area contributed by atoms with Crippen LogP contribution in [0.15, 0.2) is 170 Å². The number of hydrogen-bond donors (Lipinski definition) is 1. The lowest BCUT2D eigenvalue weighted by molar-refractivity contribution is 1.28. The zero-order chi connectivity index (χ0) is 31.0. The molecule has 0 atom stereocenters. The number of nitrogens with zero attached hydrogens (tertiary/aromatic N) is 2. The fourth-order valence-corrected chi connectivity index (χ4v) is 6.76. The molecule has 0 fully saturated rings. The summed E-state index contributed by atoms with van der Waals surface area (Å²) in [5.74, 6) is 0. The van der Waals surface area contributed by atoms with Gasteiger partial charge in [0.2, 0.25) is 0 Å². The van der Waals surface area contributed by atoms with Crippen molar-refractivity contribution in [3.05, 3.63) is 175 Å². The van der Waals surface area contributed by atoms with E-state index in [1.54, 1.807) is 0 Å². The summed E-state index contributed by atoms with van der Waals surface area (Å²) in [6, 6.07) is 59.1. The molecule has 46 heavy (non-hydrogen) atoms. The maximum absolute atomic E-state index is 7.01. The Balaban J connectivity index is 1.28. The van der Waals surface area contributed by atoms with Gasteiger partial charge in [-0.05, 0) is 89.0 Å². The molecule has 0 unspecified atom stereocenters. The van der Waals surface area contributed by atoms with Crippen LogP contribution in [-0.4, -0.2) is 0 Å². The Morgan fingerprint density at radius 2 is 0.978 bits per heavy atom. The van der Waals surface area contributed by atoms with Gasteiger partial charge >= 0.3 is 0 Å². The van der Waals surface area contributed by atoms with Gasteiger partial charge in [0.25, 0.3) is 0 Å². The van der Waals surface area contributed by atoms with Crippen LogP contribution in [0.1, 0.15) is 0 Å². The van der Waals surface area contributed by atoms with Gasteiger partial charge < -0.3 is 15.5 Å². The van der Waals surface area contributed by atoms with E-state index < -0.39 is 0 Å². The molecule has 0 saturated heterocycles. The topological polar surface area (TPSA) is 32.5 Å². The van der Waals surface area contributed by atoms with Crippen molar-refractivity contribution in [2.45, 2.75) is 0 Å². The van der Waals surface area contributed by atoms with E-state index in [0.717, 1.165) is 67.5 Å². The molecule has 0 bridgehead atoms. The molecule has 1 aliphatic rings. The lowest BCUT2D eigenvalue weighted by Gasteiger charge is -2.29. The predicted molar refractivity (Wildman–Crippen MR) is 195 cm³/mol. The summed E-state index contributed by atoms with van der Waals surface area (Å²) >= 11 is 7.01. The summed E-state index contributed by atoms with van der Waals surface area (Å²) in [5.41, 5.74) is 20.2. The summed E-state index contributed by atoms with van der Waals surface area (Å²) < 4.78 is 0. The van der Waals surface area contributed by atoms with Gasteiger partial charge in [-0.25, -0.2) is 0 Å². The van der Waals surface area contributed by atoms with E-state index in [1.807, 2.05) is 42.5 Å². The first-order valence-corrected chi connectivity index (χ1v) is 15.7. The molecule has 1 aliphatic heterocycles. The average Bonchev–Trinajstić information content (AvgIpc) is 3.23. The molecule has 4 heteroatoms. The second kappa shape index (κ2) is 11.6. The number of halogens is 1. The van der Waals surface area contributed by atoms with E-state index in [2.05, 4.69) is 137 Å². The highest BCUT2D eigenvalue weighted by molar-refractivity contribution is 6.35. The average molecular weight is 612 g/mol. The molecule has 0 aromatic heterocycles. The van der Waals surface area contributed by atoms with Crippen molar-refractivity contribution in [3.63, 3.8) is 0 Å². The monoisotopic (exact) mass is 611 g/mol. The van der Waals surface area contributed by atoms with Gasteiger partial charge in [0.05, 0.1) is 27.8 Å². The Labute approximate surface area is 274 Å². The second-order valence-electron chi connectivity index (χ2n) is 11.4. The molecule has 2 N–H and O–H groups in total. The van der Waals surface area contributed by atoms with Crippen molar-refractivity contribution in [1.82, 2.24) is 0 Å². The molecular weight excluding hydrogens is 582 g/mol.